The minimum Gasteiger partial charge on any atom is -0.435 e. The molecule has 0 aliphatic rings. The molecule has 0 atom stereocenters. The summed E-state index contributed by atoms with van der Waals surface area (Å²) in [7, 11) is 0. The zero-order valence-corrected chi connectivity index (χ0v) is 7.97. The Bertz CT molecular complexity index is 364. The first kappa shape index (κ1) is 11.6. The summed E-state index contributed by atoms with van der Waals surface area (Å²) < 4.78 is 40.6. The maximum absolute atomic E-state index is 12.9. The highest BCUT2D eigenvalue weighted by Crippen LogP contribution is 2.19. The summed E-state index contributed by atoms with van der Waals surface area (Å²) in [5.74, 6) is -1.16. The second kappa shape index (κ2) is 4.82. The minimum atomic E-state index is -3.00. The Hall–Kier alpha value is -1.52. The molecule has 15 heavy (non-hydrogen) atoms. The van der Waals surface area contributed by atoms with E-state index in [1.165, 1.54) is 13.0 Å². The van der Waals surface area contributed by atoms with E-state index in [1.54, 1.807) is 0 Å². The molecule has 0 heterocycles. The van der Waals surface area contributed by atoms with Gasteiger partial charge in [0.15, 0.2) is 0 Å². The van der Waals surface area contributed by atoms with Gasteiger partial charge >= 0.3 is 6.61 Å². The van der Waals surface area contributed by atoms with Gasteiger partial charge in [-0.25, -0.2) is 4.39 Å². The third kappa shape index (κ3) is 4.01. The maximum Gasteiger partial charge on any atom is 0.387 e. The molecule has 0 bridgehead atoms. The lowest BCUT2D eigenvalue weighted by Gasteiger charge is -2.06. The lowest BCUT2D eigenvalue weighted by molar-refractivity contribution is -0.116. The van der Waals surface area contributed by atoms with Crippen molar-refractivity contribution in [1.82, 2.24) is 0 Å². The molecule has 0 fully saturated rings. The van der Waals surface area contributed by atoms with E-state index < -0.39 is 12.4 Å². The normalized spacial score (nSPS) is 10.5. The number of benzene rings is 1. The summed E-state index contributed by atoms with van der Waals surface area (Å²) in [5, 5.41) is 0. The summed E-state index contributed by atoms with van der Waals surface area (Å²) in [6.45, 7) is -1.67. The van der Waals surface area contributed by atoms with Gasteiger partial charge in [0, 0.05) is 12.5 Å². The Labute approximate surface area is 84.7 Å². The highest BCUT2D eigenvalue weighted by Gasteiger charge is 2.08. The number of hydrogen-bond acceptors (Lipinski definition) is 2. The van der Waals surface area contributed by atoms with Gasteiger partial charge in [-0.15, -0.1) is 0 Å². The van der Waals surface area contributed by atoms with Crippen molar-refractivity contribution in [2.75, 3.05) is 0 Å². The largest absolute Gasteiger partial charge is 0.435 e. The van der Waals surface area contributed by atoms with Crippen LogP contribution in [0.1, 0.15) is 12.5 Å². The van der Waals surface area contributed by atoms with Crippen LogP contribution >= 0.6 is 0 Å². The summed E-state index contributed by atoms with van der Waals surface area (Å²) in [6.07, 6.45) is -0.00262. The predicted octanol–water partition coefficient (Wildman–Crippen LogP) is 2.56. The van der Waals surface area contributed by atoms with Crippen molar-refractivity contribution in [3.8, 4) is 5.75 Å². The number of halogens is 3. The van der Waals surface area contributed by atoms with Crippen LogP contribution in [0.15, 0.2) is 18.2 Å². The van der Waals surface area contributed by atoms with E-state index in [0.29, 0.717) is 5.56 Å². The molecule has 0 unspecified atom stereocenters. The smallest absolute Gasteiger partial charge is 0.387 e. The summed E-state index contributed by atoms with van der Waals surface area (Å²) in [6, 6.07) is 3.17. The average molecular weight is 218 g/mol. The third-order valence-corrected chi connectivity index (χ3v) is 1.61. The van der Waals surface area contributed by atoms with E-state index in [2.05, 4.69) is 4.74 Å². The number of hydrogen-bond donors (Lipinski definition) is 0. The zero-order valence-electron chi connectivity index (χ0n) is 7.97. The molecule has 1 aromatic carbocycles. The number of Topliss-reactive ketones (excluding diaryl/α,β-unsaturated/α-hetero) is 1. The lowest BCUT2D eigenvalue weighted by atomic mass is 10.1. The average Bonchev–Trinajstić information content (AvgIpc) is 1.98. The molecule has 1 rings (SSSR count). The molecule has 0 saturated heterocycles. The van der Waals surface area contributed by atoms with Gasteiger partial charge in [0.05, 0.1) is 0 Å². The Morgan fingerprint density at radius 2 is 2.07 bits per heavy atom. The summed E-state index contributed by atoms with van der Waals surface area (Å²) >= 11 is 0. The molecule has 82 valence electrons. The molecule has 0 aromatic heterocycles. The first-order valence-corrected chi connectivity index (χ1v) is 4.21. The van der Waals surface area contributed by atoms with Gasteiger partial charge in [-0.2, -0.15) is 8.78 Å². The second-order valence-electron chi connectivity index (χ2n) is 3.05. The fourth-order valence-corrected chi connectivity index (χ4v) is 1.18. The van der Waals surface area contributed by atoms with Crippen molar-refractivity contribution in [3.05, 3.63) is 29.6 Å². The number of ether oxygens (including phenoxy) is 1. The van der Waals surface area contributed by atoms with Gasteiger partial charge in [-0.1, -0.05) is 0 Å². The maximum atomic E-state index is 12.9. The van der Waals surface area contributed by atoms with Crippen LogP contribution in [0.2, 0.25) is 0 Å². The Morgan fingerprint density at radius 3 is 2.60 bits per heavy atom. The quantitative estimate of drug-likeness (QED) is 0.776. The Morgan fingerprint density at radius 1 is 1.40 bits per heavy atom. The molecule has 0 saturated carbocycles. The number of alkyl halides is 2. The van der Waals surface area contributed by atoms with Crippen molar-refractivity contribution >= 4 is 5.78 Å². The number of carbonyl (C=O) groups excluding carboxylic acids is 1. The molecule has 0 aliphatic carbocycles. The van der Waals surface area contributed by atoms with Gasteiger partial charge < -0.3 is 4.74 Å². The van der Waals surface area contributed by atoms with Gasteiger partial charge in [0.25, 0.3) is 0 Å². The fraction of sp³-hybridized carbons (Fsp3) is 0.300. The molecule has 0 N–H and O–H groups in total. The molecule has 0 spiro atoms. The van der Waals surface area contributed by atoms with Crippen LogP contribution < -0.4 is 4.74 Å². The molecule has 0 radical (unpaired) electrons. The number of rotatable bonds is 4. The van der Waals surface area contributed by atoms with Crippen LogP contribution in [0.3, 0.4) is 0 Å². The van der Waals surface area contributed by atoms with E-state index >= 15 is 0 Å². The van der Waals surface area contributed by atoms with E-state index in [0.717, 1.165) is 12.1 Å². The Kier molecular flexibility index (Phi) is 3.71. The van der Waals surface area contributed by atoms with Crippen LogP contribution in [0.25, 0.3) is 0 Å². The van der Waals surface area contributed by atoms with Crippen LogP contribution in [0, 0.1) is 5.82 Å². The van der Waals surface area contributed by atoms with Crippen molar-refractivity contribution in [2.45, 2.75) is 20.0 Å². The Balaban J connectivity index is 2.89. The standard InChI is InChI=1S/C10H9F3O2/c1-6(14)2-7-3-8(11)5-9(4-7)15-10(12)13/h3-5,10H,2H2,1H3. The van der Waals surface area contributed by atoms with E-state index in [9.17, 15) is 18.0 Å². The fourth-order valence-electron chi connectivity index (χ4n) is 1.18. The van der Waals surface area contributed by atoms with Crippen LogP contribution in [-0.4, -0.2) is 12.4 Å². The number of ketones is 1. The third-order valence-electron chi connectivity index (χ3n) is 1.61. The van der Waals surface area contributed by atoms with Gasteiger partial charge in [-0.05, 0) is 24.6 Å². The van der Waals surface area contributed by atoms with E-state index in [1.807, 2.05) is 0 Å². The van der Waals surface area contributed by atoms with E-state index in [-0.39, 0.29) is 18.0 Å². The summed E-state index contributed by atoms with van der Waals surface area (Å²) in [5.41, 5.74) is 0.318. The van der Waals surface area contributed by atoms with Gasteiger partial charge in [0.1, 0.15) is 17.3 Å². The second-order valence-corrected chi connectivity index (χ2v) is 3.05. The number of carbonyl (C=O) groups is 1. The van der Waals surface area contributed by atoms with Gasteiger partial charge in [0.2, 0.25) is 0 Å². The molecule has 0 amide bonds. The van der Waals surface area contributed by atoms with Crippen molar-refractivity contribution < 1.29 is 22.7 Å². The highest BCUT2D eigenvalue weighted by molar-refractivity contribution is 5.78. The molecule has 1 aromatic rings. The molecule has 5 heteroatoms. The molecular weight excluding hydrogens is 209 g/mol. The molecule has 0 aliphatic heterocycles. The first-order valence-electron chi connectivity index (χ1n) is 4.21. The van der Waals surface area contributed by atoms with Crippen molar-refractivity contribution in [2.24, 2.45) is 0 Å². The van der Waals surface area contributed by atoms with E-state index in [4.69, 9.17) is 0 Å². The van der Waals surface area contributed by atoms with Crippen LogP contribution in [0.4, 0.5) is 13.2 Å². The van der Waals surface area contributed by atoms with Crippen LogP contribution in [-0.2, 0) is 11.2 Å². The van der Waals surface area contributed by atoms with Gasteiger partial charge in [-0.3, -0.25) is 4.79 Å². The van der Waals surface area contributed by atoms with Crippen LogP contribution in [0.5, 0.6) is 5.75 Å². The van der Waals surface area contributed by atoms with Crippen molar-refractivity contribution in [3.63, 3.8) is 0 Å². The predicted molar refractivity (Wildman–Crippen MR) is 47.4 cm³/mol. The monoisotopic (exact) mass is 218 g/mol. The molecule has 2 nitrogen and oxygen atoms in total. The SMILES string of the molecule is CC(=O)Cc1cc(F)cc(OC(F)F)c1. The highest BCUT2D eigenvalue weighted by atomic mass is 19.3. The first-order chi connectivity index (χ1) is 6.97. The lowest BCUT2D eigenvalue weighted by Crippen LogP contribution is -2.04. The minimum absolute atomic E-state index is 0.00262. The molecular formula is C10H9F3O2. The topological polar surface area (TPSA) is 26.3 Å². The van der Waals surface area contributed by atoms with Crippen molar-refractivity contribution in [1.29, 1.82) is 0 Å². The summed E-state index contributed by atoms with van der Waals surface area (Å²) in [4.78, 5) is 10.7. The zero-order chi connectivity index (χ0) is 11.4.